The molecule has 1 aliphatic rings. The number of ether oxygens (including phenoxy) is 2. The van der Waals surface area contributed by atoms with E-state index < -0.39 is 0 Å². The summed E-state index contributed by atoms with van der Waals surface area (Å²) < 4.78 is 12.7. The molecule has 1 aliphatic heterocycles. The molecule has 9 heteroatoms. The van der Waals surface area contributed by atoms with Gasteiger partial charge in [0, 0.05) is 42.2 Å². The van der Waals surface area contributed by atoms with Crippen molar-refractivity contribution in [3.63, 3.8) is 0 Å². The Kier molecular flexibility index (Phi) is 11.0. The molecule has 0 bridgehead atoms. The Balaban J connectivity index is 1.17. The standard InChI is InChI=1S/C41H44N4O5/c1-28-24-45(29(2)27-46)40(47)23-32-22-33(42-41(48)43-37-15-9-11-31-10-7-8-14-36(31)37)18-21-38(32)50-39(28)26-44(3)25-30-16-19-35(20-17-30)49-34-12-5-4-6-13-34/h4-22,28-29,39,46H,23-27H2,1-3H3,(H2,42,43,48)/t28-,29-,39-/m1/s1. The fourth-order valence-corrected chi connectivity index (χ4v) is 6.32. The van der Waals surface area contributed by atoms with Crippen molar-refractivity contribution in [2.75, 3.05) is 37.4 Å². The number of anilines is 2. The fraction of sp³-hybridized carbons (Fsp3) is 0.268. The number of fused-ring (bicyclic) bond motifs is 2. The van der Waals surface area contributed by atoms with Gasteiger partial charge in [-0.15, -0.1) is 0 Å². The molecule has 0 saturated carbocycles. The Bertz CT molecular complexity index is 1910. The lowest BCUT2D eigenvalue weighted by Gasteiger charge is -2.34. The second-order valence-electron chi connectivity index (χ2n) is 13.1. The van der Waals surface area contributed by atoms with E-state index in [9.17, 15) is 14.7 Å². The summed E-state index contributed by atoms with van der Waals surface area (Å²) >= 11 is 0. The third-order valence-electron chi connectivity index (χ3n) is 9.06. The maximum Gasteiger partial charge on any atom is 0.323 e. The maximum absolute atomic E-state index is 13.7. The highest BCUT2D eigenvalue weighted by atomic mass is 16.5. The van der Waals surface area contributed by atoms with Crippen LogP contribution in [0, 0.1) is 5.92 Å². The average molecular weight is 673 g/mol. The number of para-hydroxylation sites is 1. The van der Waals surface area contributed by atoms with Crippen LogP contribution in [0.25, 0.3) is 10.8 Å². The quantitative estimate of drug-likeness (QED) is 0.142. The van der Waals surface area contributed by atoms with Gasteiger partial charge in [0.2, 0.25) is 5.91 Å². The van der Waals surface area contributed by atoms with Crippen LogP contribution in [0.3, 0.4) is 0 Å². The molecule has 0 aliphatic carbocycles. The van der Waals surface area contributed by atoms with Gasteiger partial charge in [-0.2, -0.15) is 0 Å². The normalized spacial score (nSPS) is 16.8. The number of carbonyl (C=O) groups excluding carboxylic acids is 2. The Morgan fingerprint density at radius 1 is 0.940 bits per heavy atom. The van der Waals surface area contributed by atoms with E-state index in [4.69, 9.17) is 9.47 Å². The Labute approximate surface area is 293 Å². The highest BCUT2D eigenvalue weighted by molar-refractivity contribution is 6.06. The van der Waals surface area contributed by atoms with Gasteiger partial charge < -0.3 is 30.1 Å². The predicted octanol–water partition coefficient (Wildman–Crippen LogP) is 7.56. The van der Waals surface area contributed by atoms with Crippen molar-refractivity contribution in [3.05, 3.63) is 126 Å². The summed E-state index contributed by atoms with van der Waals surface area (Å²) in [6, 6.07) is 36.1. The number of aliphatic hydroxyl groups is 1. The van der Waals surface area contributed by atoms with Crippen molar-refractivity contribution in [2.24, 2.45) is 5.92 Å². The highest BCUT2D eigenvalue weighted by Gasteiger charge is 2.31. The van der Waals surface area contributed by atoms with Crippen molar-refractivity contribution in [2.45, 2.75) is 39.0 Å². The van der Waals surface area contributed by atoms with E-state index in [1.54, 1.807) is 17.0 Å². The van der Waals surface area contributed by atoms with Crippen LogP contribution >= 0.6 is 0 Å². The number of rotatable bonds is 10. The van der Waals surface area contributed by atoms with Crippen molar-refractivity contribution < 1.29 is 24.2 Å². The van der Waals surface area contributed by atoms with Crippen LogP contribution in [0.4, 0.5) is 16.2 Å². The zero-order valence-electron chi connectivity index (χ0n) is 28.7. The average Bonchev–Trinajstić information content (AvgIpc) is 3.16. The summed E-state index contributed by atoms with van der Waals surface area (Å²) in [5, 5.41) is 17.9. The van der Waals surface area contributed by atoms with Crippen LogP contribution < -0.4 is 20.1 Å². The molecule has 0 aromatic heterocycles. The van der Waals surface area contributed by atoms with Crippen LogP contribution in [0.1, 0.15) is 25.0 Å². The fourth-order valence-electron chi connectivity index (χ4n) is 6.32. The highest BCUT2D eigenvalue weighted by Crippen LogP contribution is 2.30. The molecule has 3 atom stereocenters. The number of hydrogen-bond acceptors (Lipinski definition) is 6. The Hall–Kier alpha value is -5.38. The maximum atomic E-state index is 13.7. The first kappa shape index (κ1) is 34.5. The van der Waals surface area contributed by atoms with E-state index in [0.717, 1.165) is 27.8 Å². The van der Waals surface area contributed by atoms with Gasteiger partial charge >= 0.3 is 6.03 Å². The number of nitrogens with zero attached hydrogens (tertiary/aromatic N) is 2. The third kappa shape index (κ3) is 8.61. The summed E-state index contributed by atoms with van der Waals surface area (Å²) in [5.41, 5.74) is 3.05. The van der Waals surface area contributed by atoms with Gasteiger partial charge in [-0.05, 0) is 73.5 Å². The largest absolute Gasteiger partial charge is 0.488 e. The van der Waals surface area contributed by atoms with Crippen molar-refractivity contribution in [1.82, 2.24) is 9.80 Å². The van der Waals surface area contributed by atoms with Gasteiger partial charge in [-0.1, -0.05) is 73.7 Å². The van der Waals surface area contributed by atoms with Crippen LogP contribution in [0.15, 0.2) is 115 Å². The molecule has 1 heterocycles. The molecule has 50 heavy (non-hydrogen) atoms. The van der Waals surface area contributed by atoms with Crippen LogP contribution in [-0.4, -0.2) is 65.7 Å². The molecule has 0 fully saturated rings. The molecule has 0 unspecified atom stereocenters. The van der Waals surface area contributed by atoms with E-state index in [1.807, 2.05) is 97.9 Å². The lowest BCUT2D eigenvalue weighted by atomic mass is 10.0. The summed E-state index contributed by atoms with van der Waals surface area (Å²) in [5.74, 6) is 2.03. The molecule has 5 aromatic carbocycles. The number of hydrogen-bond donors (Lipinski definition) is 3. The number of likely N-dealkylation sites (N-methyl/N-ethyl adjacent to an activating group) is 1. The van der Waals surface area contributed by atoms with E-state index in [0.29, 0.717) is 42.3 Å². The molecule has 258 valence electrons. The molecular weight excluding hydrogens is 628 g/mol. The second-order valence-corrected chi connectivity index (χ2v) is 13.1. The topological polar surface area (TPSA) is 103 Å². The van der Waals surface area contributed by atoms with Crippen molar-refractivity contribution in [3.8, 4) is 17.2 Å². The van der Waals surface area contributed by atoms with E-state index >= 15 is 0 Å². The molecular formula is C41H44N4O5. The van der Waals surface area contributed by atoms with Gasteiger partial charge in [0.05, 0.1) is 24.8 Å². The minimum Gasteiger partial charge on any atom is -0.488 e. The van der Waals surface area contributed by atoms with Gasteiger partial charge in [-0.3, -0.25) is 9.69 Å². The molecule has 0 spiro atoms. The van der Waals surface area contributed by atoms with E-state index in [2.05, 4.69) is 41.6 Å². The molecule has 0 saturated heterocycles. The van der Waals surface area contributed by atoms with Crippen LogP contribution in [0.5, 0.6) is 17.2 Å². The first-order valence-electron chi connectivity index (χ1n) is 17.0. The van der Waals surface area contributed by atoms with Crippen LogP contribution in [0.2, 0.25) is 0 Å². The molecule has 3 N–H and O–H groups in total. The SMILES string of the molecule is C[C@@H]1CN([C@H](C)CO)C(=O)Cc2cc(NC(=O)Nc3cccc4ccccc34)ccc2O[C@@H]1CN(C)Cc1ccc(Oc2ccccc2)cc1. The summed E-state index contributed by atoms with van der Waals surface area (Å²) in [6.07, 6.45) is -0.181. The first-order valence-corrected chi connectivity index (χ1v) is 17.0. The number of aliphatic hydroxyl groups excluding tert-OH is 1. The lowest BCUT2D eigenvalue weighted by molar-refractivity contribution is -0.134. The summed E-state index contributed by atoms with van der Waals surface area (Å²) in [6.45, 7) is 5.53. The number of carbonyl (C=O) groups is 2. The zero-order valence-corrected chi connectivity index (χ0v) is 28.7. The number of urea groups is 1. The van der Waals surface area contributed by atoms with E-state index in [1.165, 1.54) is 0 Å². The molecule has 5 aromatic rings. The molecule has 9 nitrogen and oxygen atoms in total. The molecule has 0 radical (unpaired) electrons. The monoisotopic (exact) mass is 672 g/mol. The van der Waals surface area contributed by atoms with Gasteiger partial charge in [0.15, 0.2) is 0 Å². The first-order chi connectivity index (χ1) is 24.2. The minimum absolute atomic E-state index is 0.0349. The second kappa shape index (κ2) is 15.9. The van der Waals surface area contributed by atoms with E-state index in [-0.39, 0.29) is 43.0 Å². The Morgan fingerprint density at radius 2 is 1.66 bits per heavy atom. The molecule has 3 amide bonds. The zero-order chi connectivity index (χ0) is 35.0. The van der Waals surface area contributed by atoms with Gasteiger partial charge in [-0.25, -0.2) is 4.79 Å². The van der Waals surface area contributed by atoms with Gasteiger partial charge in [0.1, 0.15) is 23.4 Å². The van der Waals surface area contributed by atoms with Crippen molar-refractivity contribution in [1.29, 1.82) is 0 Å². The smallest absolute Gasteiger partial charge is 0.323 e. The predicted molar refractivity (Wildman–Crippen MR) is 198 cm³/mol. The summed E-state index contributed by atoms with van der Waals surface area (Å²) in [4.78, 5) is 30.7. The minimum atomic E-state index is -0.389. The molecule has 6 rings (SSSR count). The van der Waals surface area contributed by atoms with Crippen LogP contribution in [-0.2, 0) is 17.8 Å². The lowest BCUT2D eigenvalue weighted by Crippen LogP contribution is -2.47. The number of amides is 3. The van der Waals surface area contributed by atoms with Crippen molar-refractivity contribution >= 4 is 34.1 Å². The Morgan fingerprint density at radius 3 is 2.44 bits per heavy atom. The van der Waals surface area contributed by atoms with Gasteiger partial charge in [0.25, 0.3) is 0 Å². The number of nitrogens with one attached hydrogen (secondary N) is 2. The third-order valence-corrected chi connectivity index (χ3v) is 9.06. The summed E-state index contributed by atoms with van der Waals surface area (Å²) in [7, 11) is 2.05. The number of benzene rings is 5.